The van der Waals surface area contributed by atoms with Gasteiger partial charge in [0.1, 0.15) is 0 Å². The van der Waals surface area contributed by atoms with Gasteiger partial charge in [-0.25, -0.2) is 4.79 Å². The van der Waals surface area contributed by atoms with E-state index in [4.69, 9.17) is 9.84 Å². The number of nitrogens with one attached hydrogen (secondary N) is 2. The van der Waals surface area contributed by atoms with Crippen LogP contribution in [0.2, 0.25) is 0 Å². The Morgan fingerprint density at radius 2 is 2.11 bits per heavy atom. The number of carbonyl (C=O) groups is 2. The predicted molar refractivity (Wildman–Crippen MR) is 64.2 cm³/mol. The lowest BCUT2D eigenvalue weighted by molar-refractivity contribution is -0.140. The lowest BCUT2D eigenvalue weighted by atomic mass is 10.1. The van der Waals surface area contributed by atoms with E-state index < -0.39 is 11.9 Å². The first-order valence-electron chi connectivity index (χ1n) is 6.21. The molecule has 3 unspecified atom stereocenters. The van der Waals surface area contributed by atoms with Gasteiger partial charge < -0.3 is 20.5 Å². The van der Waals surface area contributed by atoms with E-state index in [2.05, 4.69) is 10.6 Å². The summed E-state index contributed by atoms with van der Waals surface area (Å²) in [5, 5.41) is 14.4. The van der Waals surface area contributed by atoms with E-state index >= 15 is 0 Å². The minimum atomic E-state index is -0.850. The number of aliphatic carboxylic acids is 1. The zero-order valence-electron chi connectivity index (χ0n) is 10.1. The summed E-state index contributed by atoms with van der Waals surface area (Å²) in [4.78, 5) is 22.4. The van der Waals surface area contributed by atoms with Crippen LogP contribution in [-0.2, 0) is 9.53 Å². The molecule has 100 valence electrons. The molecule has 6 nitrogen and oxygen atoms in total. The molecule has 6 heteroatoms. The van der Waals surface area contributed by atoms with Crippen molar-refractivity contribution < 1.29 is 19.4 Å². The monoisotopic (exact) mass is 254 g/mol. The second-order valence-corrected chi connectivity index (χ2v) is 4.70. The summed E-state index contributed by atoms with van der Waals surface area (Å²) in [7, 11) is 0. The van der Waals surface area contributed by atoms with Crippen LogP contribution in [0, 0.1) is 5.92 Å². The SMILES string of the molecule is O=C(NC1C=CC(C(=O)O)C1)NC1CCCOC1. The highest BCUT2D eigenvalue weighted by Gasteiger charge is 2.26. The van der Waals surface area contributed by atoms with Gasteiger partial charge in [-0.1, -0.05) is 12.2 Å². The Bertz CT molecular complexity index is 350. The molecule has 3 atom stereocenters. The smallest absolute Gasteiger partial charge is 0.315 e. The molecule has 0 aromatic rings. The summed E-state index contributed by atoms with van der Waals surface area (Å²) in [6.45, 7) is 1.30. The van der Waals surface area contributed by atoms with Gasteiger partial charge in [0.2, 0.25) is 0 Å². The summed E-state index contributed by atoms with van der Waals surface area (Å²) >= 11 is 0. The molecule has 0 aromatic heterocycles. The van der Waals surface area contributed by atoms with Crippen molar-refractivity contribution >= 4 is 12.0 Å². The van der Waals surface area contributed by atoms with Crippen molar-refractivity contribution in [1.82, 2.24) is 10.6 Å². The molecule has 0 aromatic carbocycles. The lowest BCUT2D eigenvalue weighted by Gasteiger charge is -2.24. The molecule has 1 aliphatic heterocycles. The number of urea groups is 1. The van der Waals surface area contributed by atoms with E-state index in [9.17, 15) is 9.59 Å². The van der Waals surface area contributed by atoms with Crippen LogP contribution in [0.1, 0.15) is 19.3 Å². The Balaban J connectivity index is 1.72. The number of carboxylic acids is 1. The van der Waals surface area contributed by atoms with E-state index in [1.165, 1.54) is 0 Å². The highest BCUT2D eigenvalue weighted by atomic mass is 16.5. The average Bonchev–Trinajstić information content (AvgIpc) is 2.78. The third-order valence-corrected chi connectivity index (χ3v) is 3.21. The number of carboxylic acid groups (broad SMARTS) is 1. The van der Waals surface area contributed by atoms with Crippen LogP contribution in [0.4, 0.5) is 4.79 Å². The molecule has 0 saturated carbocycles. The standard InChI is InChI=1S/C12H18N2O4/c15-11(16)8-3-4-9(6-8)13-12(17)14-10-2-1-5-18-7-10/h3-4,8-10H,1-2,5-7H2,(H,15,16)(H2,13,14,17). The molecule has 0 bridgehead atoms. The molecule has 1 fully saturated rings. The van der Waals surface area contributed by atoms with E-state index in [1.54, 1.807) is 12.2 Å². The molecule has 3 N–H and O–H groups in total. The van der Waals surface area contributed by atoms with Crippen molar-refractivity contribution in [3.05, 3.63) is 12.2 Å². The van der Waals surface area contributed by atoms with E-state index in [0.717, 1.165) is 19.4 Å². The molecule has 0 radical (unpaired) electrons. The molecule has 1 heterocycles. The van der Waals surface area contributed by atoms with Crippen LogP contribution >= 0.6 is 0 Å². The summed E-state index contributed by atoms with van der Waals surface area (Å²) in [5.74, 6) is -1.34. The molecule has 2 amide bonds. The maximum Gasteiger partial charge on any atom is 0.315 e. The molecule has 2 aliphatic rings. The van der Waals surface area contributed by atoms with E-state index in [0.29, 0.717) is 13.0 Å². The Hall–Kier alpha value is -1.56. The van der Waals surface area contributed by atoms with Crippen LogP contribution in [-0.4, -0.2) is 42.4 Å². The van der Waals surface area contributed by atoms with Gasteiger partial charge in [0.15, 0.2) is 0 Å². The quantitative estimate of drug-likeness (QED) is 0.640. The third-order valence-electron chi connectivity index (χ3n) is 3.21. The first-order chi connectivity index (χ1) is 8.65. The minimum Gasteiger partial charge on any atom is -0.481 e. The van der Waals surface area contributed by atoms with Crippen molar-refractivity contribution in [2.24, 2.45) is 5.92 Å². The number of carbonyl (C=O) groups excluding carboxylic acids is 1. The predicted octanol–water partition coefficient (Wildman–Crippen LogP) is 0.494. The van der Waals surface area contributed by atoms with Crippen LogP contribution < -0.4 is 10.6 Å². The fraction of sp³-hybridized carbons (Fsp3) is 0.667. The van der Waals surface area contributed by atoms with Gasteiger partial charge in [0.05, 0.1) is 24.6 Å². The highest BCUT2D eigenvalue weighted by molar-refractivity contribution is 5.76. The Morgan fingerprint density at radius 3 is 2.72 bits per heavy atom. The van der Waals surface area contributed by atoms with Crippen molar-refractivity contribution in [2.45, 2.75) is 31.3 Å². The number of hydrogen-bond donors (Lipinski definition) is 3. The highest BCUT2D eigenvalue weighted by Crippen LogP contribution is 2.17. The molecule has 1 aliphatic carbocycles. The van der Waals surface area contributed by atoms with Crippen LogP contribution in [0.15, 0.2) is 12.2 Å². The Kier molecular flexibility index (Phi) is 4.19. The van der Waals surface area contributed by atoms with Gasteiger partial charge in [0.25, 0.3) is 0 Å². The maximum atomic E-state index is 11.7. The number of ether oxygens (including phenoxy) is 1. The largest absolute Gasteiger partial charge is 0.481 e. The second kappa shape index (κ2) is 5.86. The first kappa shape index (κ1) is 12.9. The summed E-state index contributed by atoms with van der Waals surface area (Å²) in [6, 6.07) is -0.402. The zero-order valence-corrected chi connectivity index (χ0v) is 10.1. The normalized spacial score (nSPS) is 31.0. The van der Waals surface area contributed by atoms with Crippen LogP contribution in [0.3, 0.4) is 0 Å². The fourth-order valence-electron chi connectivity index (χ4n) is 2.24. The van der Waals surface area contributed by atoms with Crippen molar-refractivity contribution in [1.29, 1.82) is 0 Å². The maximum absolute atomic E-state index is 11.7. The van der Waals surface area contributed by atoms with Gasteiger partial charge in [-0.3, -0.25) is 4.79 Å². The van der Waals surface area contributed by atoms with E-state index in [-0.39, 0.29) is 18.1 Å². The Labute approximate surface area is 105 Å². The molecular formula is C12H18N2O4. The molecule has 0 spiro atoms. The Morgan fingerprint density at radius 1 is 1.28 bits per heavy atom. The summed E-state index contributed by atoms with van der Waals surface area (Å²) in [5.41, 5.74) is 0. The van der Waals surface area contributed by atoms with Crippen molar-refractivity contribution in [3.63, 3.8) is 0 Å². The molecule has 18 heavy (non-hydrogen) atoms. The van der Waals surface area contributed by atoms with Gasteiger partial charge in [-0.15, -0.1) is 0 Å². The second-order valence-electron chi connectivity index (χ2n) is 4.70. The zero-order chi connectivity index (χ0) is 13.0. The fourth-order valence-corrected chi connectivity index (χ4v) is 2.24. The van der Waals surface area contributed by atoms with Gasteiger partial charge >= 0.3 is 12.0 Å². The number of rotatable bonds is 3. The van der Waals surface area contributed by atoms with Crippen molar-refractivity contribution in [3.8, 4) is 0 Å². The lowest BCUT2D eigenvalue weighted by Crippen LogP contribution is -2.48. The topological polar surface area (TPSA) is 87.7 Å². The number of amides is 2. The van der Waals surface area contributed by atoms with E-state index in [1.807, 2.05) is 0 Å². The van der Waals surface area contributed by atoms with Gasteiger partial charge in [-0.2, -0.15) is 0 Å². The van der Waals surface area contributed by atoms with Crippen molar-refractivity contribution in [2.75, 3.05) is 13.2 Å². The third kappa shape index (κ3) is 3.46. The average molecular weight is 254 g/mol. The van der Waals surface area contributed by atoms with Crippen LogP contribution in [0.5, 0.6) is 0 Å². The molecular weight excluding hydrogens is 236 g/mol. The molecule has 1 saturated heterocycles. The van der Waals surface area contributed by atoms with Gasteiger partial charge in [0, 0.05) is 6.61 Å². The summed E-state index contributed by atoms with van der Waals surface area (Å²) in [6.07, 6.45) is 5.65. The van der Waals surface area contributed by atoms with Gasteiger partial charge in [-0.05, 0) is 19.3 Å². The molecule has 2 rings (SSSR count). The minimum absolute atomic E-state index is 0.0550. The summed E-state index contributed by atoms with van der Waals surface area (Å²) < 4.78 is 5.27. The van der Waals surface area contributed by atoms with Crippen LogP contribution in [0.25, 0.3) is 0 Å². The number of hydrogen-bond acceptors (Lipinski definition) is 3. The first-order valence-corrected chi connectivity index (χ1v) is 6.21.